The van der Waals surface area contributed by atoms with Gasteiger partial charge in [0.1, 0.15) is 0 Å². The van der Waals surface area contributed by atoms with Crippen LogP contribution in [-0.4, -0.2) is 24.0 Å². The summed E-state index contributed by atoms with van der Waals surface area (Å²) < 4.78 is 0. The van der Waals surface area contributed by atoms with Gasteiger partial charge in [-0.3, -0.25) is 4.98 Å². The van der Waals surface area contributed by atoms with Gasteiger partial charge in [-0.2, -0.15) is 0 Å². The third kappa shape index (κ3) is 3.66. The zero-order valence-corrected chi connectivity index (χ0v) is 11.4. The van der Waals surface area contributed by atoms with Crippen LogP contribution in [-0.2, 0) is 6.54 Å². The second-order valence-corrected chi connectivity index (χ2v) is 4.50. The number of nitrogens with one attached hydrogen (secondary N) is 2. The van der Waals surface area contributed by atoms with Crippen molar-refractivity contribution in [3.05, 3.63) is 48.1 Å². The highest BCUT2D eigenvalue weighted by molar-refractivity contribution is 5.90. The number of hydrogen-bond acceptors (Lipinski definition) is 6. The van der Waals surface area contributed by atoms with E-state index in [4.69, 9.17) is 11.5 Å². The summed E-state index contributed by atoms with van der Waals surface area (Å²) in [7, 11) is 0. The molecule has 6 N–H and O–H groups in total. The zero-order chi connectivity index (χ0) is 14.4. The summed E-state index contributed by atoms with van der Waals surface area (Å²) in [4.78, 5) is 8.52. The van der Waals surface area contributed by atoms with Crippen LogP contribution < -0.4 is 22.1 Å². The summed E-state index contributed by atoms with van der Waals surface area (Å²) in [6.07, 6.45) is 4.58. The van der Waals surface area contributed by atoms with E-state index in [1.165, 1.54) is 0 Å². The highest BCUT2D eigenvalue weighted by Gasteiger charge is 2.10. The number of allylic oxidation sites excluding steroid dienone is 1. The van der Waals surface area contributed by atoms with E-state index in [0.717, 1.165) is 36.3 Å². The quantitative estimate of drug-likeness (QED) is 0.558. The van der Waals surface area contributed by atoms with E-state index in [1.807, 2.05) is 18.3 Å². The third-order valence-corrected chi connectivity index (χ3v) is 2.93. The van der Waals surface area contributed by atoms with Gasteiger partial charge in [0.05, 0.1) is 11.4 Å². The van der Waals surface area contributed by atoms with Crippen molar-refractivity contribution in [3.63, 3.8) is 0 Å². The first kappa shape index (κ1) is 14.2. The van der Waals surface area contributed by atoms with Gasteiger partial charge in [-0.1, -0.05) is 12.6 Å². The molecule has 1 aliphatic rings. The van der Waals surface area contributed by atoms with Crippen molar-refractivity contribution in [2.24, 2.45) is 16.5 Å². The lowest BCUT2D eigenvalue weighted by atomic mass is 10.1. The molecule has 0 unspecified atom stereocenters. The average molecular weight is 272 g/mol. The van der Waals surface area contributed by atoms with E-state index in [1.54, 1.807) is 6.20 Å². The number of aromatic nitrogens is 1. The molecule has 0 aromatic carbocycles. The molecule has 0 radical (unpaired) electrons. The molecule has 0 aliphatic carbocycles. The van der Waals surface area contributed by atoms with Crippen molar-refractivity contribution in [1.82, 2.24) is 15.6 Å². The molecule has 2 heterocycles. The molecule has 6 heteroatoms. The second-order valence-electron chi connectivity index (χ2n) is 4.50. The maximum absolute atomic E-state index is 5.57. The minimum absolute atomic E-state index is 0.354. The van der Waals surface area contributed by atoms with Crippen molar-refractivity contribution >= 4 is 11.5 Å². The Bertz CT molecular complexity index is 529. The summed E-state index contributed by atoms with van der Waals surface area (Å²) in [5, 5.41) is 6.17. The lowest BCUT2D eigenvalue weighted by Gasteiger charge is -2.14. The highest BCUT2D eigenvalue weighted by atomic mass is 15.1. The number of nitrogens with two attached hydrogens (primary N) is 2. The van der Waals surface area contributed by atoms with Crippen LogP contribution in [0.4, 0.5) is 0 Å². The van der Waals surface area contributed by atoms with Crippen molar-refractivity contribution in [1.29, 1.82) is 0 Å². The summed E-state index contributed by atoms with van der Waals surface area (Å²) in [6, 6.07) is 3.99. The van der Waals surface area contributed by atoms with Gasteiger partial charge in [0.25, 0.3) is 0 Å². The van der Waals surface area contributed by atoms with E-state index in [2.05, 4.69) is 27.2 Å². The Kier molecular flexibility index (Phi) is 4.86. The Morgan fingerprint density at radius 2 is 2.20 bits per heavy atom. The fraction of sp³-hybridized carbons (Fsp3) is 0.286. The predicted octanol–water partition coefficient (Wildman–Crippen LogP) is 0.293. The molecule has 0 atom stereocenters. The maximum atomic E-state index is 5.57. The molecule has 0 fully saturated rings. The van der Waals surface area contributed by atoms with Crippen LogP contribution in [0.1, 0.15) is 17.7 Å². The molecule has 0 bridgehead atoms. The Morgan fingerprint density at radius 3 is 2.85 bits per heavy atom. The Morgan fingerprint density at radius 1 is 1.35 bits per heavy atom. The SMILES string of the molecule is C=C1N=C(N)NC=C1c1ccc(CNCCCN)nc1. The second kappa shape index (κ2) is 6.83. The summed E-state index contributed by atoms with van der Waals surface area (Å²) in [5.41, 5.74) is 14.5. The van der Waals surface area contributed by atoms with Gasteiger partial charge in [-0.25, -0.2) is 4.99 Å². The van der Waals surface area contributed by atoms with Crippen LogP contribution in [0.3, 0.4) is 0 Å². The topological polar surface area (TPSA) is 101 Å². The molecule has 2 rings (SSSR count). The van der Waals surface area contributed by atoms with Gasteiger partial charge in [-0.15, -0.1) is 0 Å². The van der Waals surface area contributed by atoms with Crippen molar-refractivity contribution in [3.8, 4) is 0 Å². The van der Waals surface area contributed by atoms with Crippen LogP contribution in [0, 0.1) is 0 Å². The molecule has 0 spiro atoms. The smallest absolute Gasteiger partial charge is 0.197 e. The minimum atomic E-state index is 0.354. The molecular formula is C14H20N6. The fourth-order valence-corrected chi connectivity index (χ4v) is 1.85. The standard InChI is InChI=1S/C14H20N6/c1-10-13(9-19-14(16)20-10)11-3-4-12(18-7-11)8-17-6-2-5-15/h3-4,7,9,17H,1-2,5-6,8,15H2,(H3,16,19,20). The molecular weight excluding hydrogens is 252 g/mol. The molecule has 0 saturated carbocycles. The fourth-order valence-electron chi connectivity index (χ4n) is 1.85. The summed E-state index contributed by atoms with van der Waals surface area (Å²) >= 11 is 0. The Balaban J connectivity index is 1.97. The number of aliphatic imine (C=N–C) groups is 1. The largest absolute Gasteiger partial charge is 0.369 e. The van der Waals surface area contributed by atoms with E-state index in [-0.39, 0.29) is 0 Å². The van der Waals surface area contributed by atoms with Gasteiger partial charge in [0, 0.05) is 30.1 Å². The number of nitrogens with zero attached hydrogens (tertiary/aromatic N) is 2. The van der Waals surface area contributed by atoms with Gasteiger partial charge in [0.15, 0.2) is 5.96 Å². The number of pyridine rings is 1. The van der Waals surface area contributed by atoms with Crippen LogP contribution >= 0.6 is 0 Å². The lowest BCUT2D eigenvalue weighted by Crippen LogP contribution is -2.29. The van der Waals surface area contributed by atoms with Crippen LogP contribution in [0.15, 0.2) is 41.8 Å². The van der Waals surface area contributed by atoms with Crippen LogP contribution in [0.25, 0.3) is 5.57 Å². The molecule has 20 heavy (non-hydrogen) atoms. The van der Waals surface area contributed by atoms with Gasteiger partial charge < -0.3 is 22.1 Å². The predicted molar refractivity (Wildman–Crippen MR) is 81.5 cm³/mol. The number of guanidine groups is 1. The van der Waals surface area contributed by atoms with Crippen molar-refractivity contribution in [2.75, 3.05) is 13.1 Å². The molecule has 106 valence electrons. The Hall–Kier alpha value is -2.18. The lowest BCUT2D eigenvalue weighted by molar-refractivity contribution is 0.646. The van der Waals surface area contributed by atoms with Crippen molar-refractivity contribution in [2.45, 2.75) is 13.0 Å². The number of rotatable bonds is 6. The molecule has 0 amide bonds. The summed E-state index contributed by atoms with van der Waals surface area (Å²) in [6.45, 7) is 6.23. The highest BCUT2D eigenvalue weighted by Crippen LogP contribution is 2.23. The Labute approximate surface area is 118 Å². The van der Waals surface area contributed by atoms with Crippen LogP contribution in [0.5, 0.6) is 0 Å². The first-order chi connectivity index (χ1) is 9.70. The van der Waals surface area contributed by atoms with E-state index >= 15 is 0 Å². The van der Waals surface area contributed by atoms with Gasteiger partial charge >= 0.3 is 0 Å². The van der Waals surface area contributed by atoms with Gasteiger partial charge in [-0.05, 0) is 25.6 Å². The monoisotopic (exact) mass is 272 g/mol. The third-order valence-electron chi connectivity index (χ3n) is 2.93. The van der Waals surface area contributed by atoms with Crippen molar-refractivity contribution < 1.29 is 0 Å². The maximum Gasteiger partial charge on any atom is 0.197 e. The summed E-state index contributed by atoms with van der Waals surface area (Å²) in [5.74, 6) is 0.354. The van der Waals surface area contributed by atoms with E-state index < -0.39 is 0 Å². The first-order valence-corrected chi connectivity index (χ1v) is 6.57. The number of hydrogen-bond donors (Lipinski definition) is 4. The molecule has 1 aromatic rings. The molecule has 1 aromatic heterocycles. The minimum Gasteiger partial charge on any atom is -0.369 e. The zero-order valence-electron chi connectivity index (χ0n) is 11.4. The van der Waals surface area contributed by atoms with Gasteiger partial charge in [0.2, 0.25) is 0 Å². The molecule has 1 aliphatic heterocycles. The molecule has 6 nitrogen and oxygen atoms in total. The average Bonchev–Trinajstić information content (AvgIpc) is 2.45. The normalized spacial score (nSPS) is 14.6. The van der Waals surface area contributed by atoms with E-state index in [9.17, 15) is 0 Å². The molecule has 0 saturated heterocycles. The first-order valence-electron chi connectivity index (χ1n) is 6.57. The van der Waals surface area contributed by atoms with E-state index in [0.29, 0.717) is 18.2 Å². The van der Waals surface area contributed by atoms with Crippen LogP contribution in [0.2, 0.25) is 0 Å².